The molecule has 0 fully saturated rings. The zero-order valence-electron chi connectivity index (χ0n) is 6.27. The summed E-state index contributed by atoms with van der Waals surface area (Å²) in [7, 11) is 0. The SMILES string of the molecule is ClCc1nc2c(s1)CCCC2. The zero-order chi connectivity index (χ0) is 7.68. The van der Waals surface area contributed by atoms with Gasteiger partial charge in [0.05, 0.1) is 11.6 Å². The lowest BCUT2D eigenvalue weighted by molar-refractivity contribution is 0.681. The van der Waals surface area contributed by atoms with Gasteiger partial charge in [-0.2, -0.15) is 0 Å². The molecule has 11 heavy (non-hydrogen) atoms. The number of hydrogen-bond acceptors (Lipinski definition) is 2. The fourth-order valence-corrected chi connectivity index (χ4v) is 2.69. The summed E-state index contributed by atoms with van der Waals surface area (Å²) in [5, 5.41) is 1.10. The molecule has 0 aliphatic heterocycles. The number of rotatable bonds is 1. The quantitative estimate of drug-likeness (QED) is 0.617. The number of aryl methyl sites for hydroxylation is 2. The van der Waals surface area contributed by atoms with Crippen molar-refractivity contribution in [1.82, 2.24) is 4.98 Å². The topological polar surface area (TPSA) is 12.9 Å². The standard InChI is InChI=1S/C8H10ClNS/c9-5-8-10-6-3-1-2-4-7(6)11-8/h1-5H2. The van der Waals surface area contributed by atoms with Crippen molar-refractivity contribution in [3.8, 4) is 0 Å². The Balaban J connectivity index is 2.32. The third kappa shape index (κ3) is 1.42. The predicted octanol–water partition coefficient (Wildman–Crippen LogP) is 2.76. The molecule has 60 valence electrons. The maximum atomic E-state index is 5.69. The van der Waals surface area contributed by atoms with Gasteiger partial charge in [-0.1, -0.05) is 0 Å². The lowest BCUT2D eigenvalue weighted by Gasteiger charge is -2.06. The summed E-state index contributed by atoms with van der Waals surface area (Å²) in [6, 6.07) is 0. The van der Waals surface area contributed by atoms with Crippen LogP contribution in [0, 0.1) is 0 Å². The van der Waals surface area contributed by atoms with E-state index in [9.17, 15) is 0 Å². The van der Waals surface area contributed by atoms with Crippen LogP contribution >= 0.6 is 22.9 Å². The number of fused-ring (bicyclic) bond motifs is 1. The van der Waals surface area contributed by atoms with Gasteiger partial charge in [-0.25, -0.2) is 4.98 Å². The van der Waals surface area contributed by atoms with E-state index in [0.717, 1.165) is 5.01 Å². The first kappa shape index (κ1) is 7.56. The summed E-state index contributed by atoms with van der Waals surface area (Å²) >= 11 is 7.49. The van der Waals surface area contributed by atoms with Crippen LogP contribution in [0.5, 0.6) is 0 Å². The molecular weight excluding hydrogens is 178 g/mol. The molecule has 1 aromatic heterocycles. The first-order valence-corrected chi connectivity index (χ1v) is 5.28. The lowest BCUT2D eigenvalue weighted by atomic mass is 10.0. The second-order valence-corrected chi connectivity index (χ2v) is 4.25. The summed E-state index contributed by atoms with van der Waals surface area (Å²) in [5.41, 5.74) is 1.32. The third-order valence-corrected chi connectivity index (χ3v) is 3.57. The van der Waals surface area contributed by atoms with Crippen LogP contribution in [-0.2, 0) is 18.7 Å². The average molecular weight is 188 g/mol. The molecule has 2 rings (SSSR count). The van der Waals surface area contributed by atoms with Crippen LogP contribution in [0.4, 0.5) is 0 Å². The molecule has 0 radical (unpaired) electrons. The van der Waals surface area contributed by atoms with Crippen molar-refractivity contribution in [3.05, 3.63) is 15.6 Å². The third-order valence-electron chi connectivity index (χ3n) is 2.00. The maximum Gasteiger partial charge on any atom is 0.108 e. The monoisotopic (exact) mass is 187 g/mol. The summed E-state index contributed by atoms with van der Waals surface area (Å²) in [6.45, 7) is 0. The minimum atomic E-state index is 0.581. The molecule has 0 N–H and O–H groups in total. The maximum absolute atomic E-state index is 5.69. The van der Waals surface area contributed by atoms with Crippen LogP contribution in [0.1, 0.15) is 28.4 Å². The number of alkyl halides is 1. The van der Waals surface area contributed by atoms with Gasteiger partial charge < -0.3 is 0 Å². The predicted molar refractivity (Wildman–Crippen MR) is 48.3 cm³/mol. The number of thiazole rings is 1. The average Bonchev–Trinajstić information content (AvgIpc) is 2.46. The Morgan fingerprint density at radius 3 is 2.91 bits per heavy atom. The number of halogens is 1. The lowest BCUT2D eigenvalue weighted by Crippen LogP contribution is -1.98. The molecule has 0 saturated carbocycles. The highest BCUT2D eigenvalue weighted by Crippen LogP contribution is 2.27. The molecule has 0 aromatic carbocycles. The number of nitrogens with zero attached hydrogens (tertiary/aromatic N) is 1. The van der Waals surface area contributed by atoms with Crippen LogP contribution in [0.2, 0.25) is 0 Å². The van der Waals surface area contributed by atoms with Gasteiger partial charge in [-0.05, 0) is 25.7 Å². The smallest absolute Gasteiger partial charge is 0.108 e. The fraction of sp³-hybridized carbons (Fsp3) is 0.625. The zero-order valence-corrected chi connectivity index (χ0v) is 7.84. The Bertz CT molecular complexity index is 233. The van der Waals surface area contributed by atoms with E-state index in [1.807, 2.05) is 0 Å². The van der Waals surface area contributed by atoms with Gasteiger partial charge in [0.1, 0.15) is 5.01 Å². The Kier molecular flexibility index (Phi) is 2.14. The molecule has 0 atom stereocenters. The molecule has 1 heterocycles. The molecular formula is C8H10ClNS. The first-order valence-electron chi connectivity index (χ1n) is 3.93. The van der Waals surface area contributed by atoms with Gasteiger partial charge in [-0.15, -0.1) is 22.9 Å². The summed E-state index contributed by atoms with van der Waals surface area (Å²) < 4.78 is 0. The molecule has 1 aliphatic rings. The van der Waals surface area contributed by atoms with E-state index in [0.29, 0.717) is 5.88 Å². The van der Waals surface area contributed by atoms with Crippen molar-refractivity contribution < 1.29 is 0 Å². The summed E-state index contributed by atoms with van der Waals surface area (Å²) in [6.07, 6.45) is 5.03. The van der Waals surface area contributed by atoms with Gasteiger partial charge in [-0.3, -0.25) is 0 Å². The summed E-state index contributed by atoms with van der Waals surface area (Å²) in [5.74, 6) is 0.581. The molecule has 0 unspecified atom stereocenters. The van der Waals surface area contributed by atoms with Gasteiger partial charge in [0.25, 0.3) is 0 Å². The van der Waals surface area contributed by atoms with E-state index in [2.05, 4.69) is 4.98 Å². The van der Waals surface area contributed by atoms with Crippen LogP contribution in [-0.4, -0.2) is 4.98 Å². The van der Waals surface area contributed by atoms with E-state index in [1.54, 1.807) is 11.3 Å². The van der Waals surface area contributed by atoms with Crippen molar-refractivity contribution in [1.29, 1.82) is 0 Å². The van der Waals surface area contributed by atoms with Crippen molar-refractivity contribution in [3.63, 3.8) is 0 Å². The Labute approximate surface area is 75.4 Å². The van der Waals surface area contributed by atoms with E-state index in [-0.39, 0.29) is 0 Å². The van der Waals surface area contributed by atoms with Gasteiger partial charge in [0.2, 0.25) is 0 Å². The van der Waals surface area contributed by atoms with Crippen molar-refractivity contribution in [2.45, 2.75) is 31.6 Å². The molecule has 3 heteroatoms. The van der Waals surface area contributed by atoms with Crippen LogP contribution in [0.3, 0.4) is 0 Å². The Hall–Kier alpha value is -0.0800. The molecule has 0 bridgehead atoms. The molecule has 1 nitrogen and oxygen atoms in total. The van der Waals surface area contributed by atoms with Crippen molar-refractivity contribution in [2.24, 2.45) is 0 Å². The Morgan fingerprint density at radius 1 is 1.36 bits per heavy atom. The van der Waals surface area contributed by atoms with Crippen LogP contribution < -0.4 is 0 Å². The minimum Gasteiger partial charge on any atom is -0.245 e. The van der Waals surface area contributed by atoms with Gasteiger partial charge in [0, 0.05) is 4.88 Å². The van der Waals surface area contributed by atoms with Crippen molar-refractivity contribution in [2.75, 3.05) is 0 Å². The van der Waals surface area contributed by atoms with E-state index < -0.39 is 0 Å². The van der Waals surface area contributed by atoms with Crippen LogP contribution in [0.15, 0.2) is 0 Å². The molecule has 0 amide bonds. The number of aromatic nitrogens is 1. The molecule has 0 spiro atoms. The second-order valence-electron chi connectivity index (χ2n) is 2.82. The molecule has 1 aromatic rings. The van der Waals surface area contributed by atoms with E-state index in [4.69, 9.17) is 11.6 Å². The number of hydrogen-bond donors (Lipinski definition) is 0. The Morgan fingerprint density at radius 2 is 2.18 bits per heavy atom. The second kappa shape index (κ2) is 3.11. The highest BCUT2D eigenvalue weighted by atomic mass is 35.5. The molecule has 0 saturated heterocycles. The van der Waals surface area contributed by atoms with Gasteiger partial charge in [0.15, 0.2) is 0 Å². The molecule has 1 aliphatic carbocycles. The van der Waals surface area contributed by atoms with Gasteiger partial charge >= 0.3 is 0 Å². The fourth-order valence-electron chi connectivity index (χ4n) is 1.46. The van der Waals surface area contributed by atoms with Crippen molar-refractivity contribution >= 4 is 22.9 Å². The highest BCUT2D eigenvalue weighted by Gasteiger charge is 2.13. The highest BCUT2D eigenvalue weighted by molar-refractivity contribution is 7.11. The summed E-state index contributed by atoms with van der Waals surface area (Å²) in [4.78, 5) is 5.93. The normalized spacial score (nSPS) is 16.5. The van der Waals surface area contributed by atoms with E-state index >= 15 is 0 Å². The minimum absolute atomic E-state index is 0.581. The van der Waals surface area contributed by atoms with Crippen LogP contribution in [0.25, 0.3) is 0 Å². The van der Waals surface area contributed by atoms with E-state index in [1.165, 1.54) is 36.3 Å². The largest absolute Gasteiger partial charge is 0.245 e. The first-order chi connectivity index (χ1) is 5.40.